The van der Waals surface area contributed by atoms with Gasteiger partial charge in [-0.25, -0.2) is 0 Å². The second-order valence-corrected chi connectivity index (χ2v) is 15.4. The van der Waals surface area contributed by atoms with E-state index in [0.717, 1.165) is 17.1 Å². The molecule has 0 aliphatic heterocycles. The highest BCUT2D eigenvalue weighted by molar-refractivity contribution is 6.09. The first kappa shape index (κ1) is 34.1. The van der Waals surface area contributed by atoms with Gasteiger partial charge >= 0.3 is 0 Å². The summed E-state index contributed by atoms with van der Waals surface area (Å²) in [6.07, 6.45) is 0. The van der Waals surface area contributed by atoms with Gasteiger partial charge in [0, 0.05) is 16.8 Å². The number of benzene rings is 9. The predicted molar refractivity (Wildman–Crippen MR) is 237 cm³/mol. The maximum Gasteiger partial charge on any atom is 0.0543 e. The van der Waals surface area contributed by atoms with Gasteiger partial charge < -0.3 is 4.90 Å². The molecule has 0 saturated heterocycles. The van der Waals surface area contributed by atoms with Crippen molar-refractivity contribution in [2.24, 2.45) is 0 Å². The molecular formula is C54H43N. The lowest BCUT2D eigenvalue weighted by atomic mass is 9.85. The van der Waals surface area contributed by atoms with Gasteiger partial charge in [0.2, 0.25) is 0 Å². The molecule has 0 aliphatic carbocycles. The van der Waals surface area contributed by atoms with Crippen molar-refractivity contribution in [2.45, 2.75) is 26.2 Å². The van der Waals surface area contributed by atoms with E-state index in [1.807, 2.05) is 0 Å². The summed E-state index contributed by atoms with van der Waals surface area (Å²) >= 11 is 0. The van der Waals surface area contributed by atoms with Crippen molar-refractivity contribution in [2.75, 3.05) is 4.90 Å². The highest BCUT2D eigenvalue weighted by Crippen LogP contribution is 2.48. The van der Waals surface area contributed by atoms with Crippen LogP contribution in [0.3, 0.4) is 0 Å². The predicted octanol–water partition coefficient (Wildman–Crippen LogP) is 15.4. The van der Waals surface area contributed by atoms with Crippen molar-refractivity contribution < 1.29 is 0 Å². The summed E-state index contributed by atoms with van der Waals surface area (Å²) in [5.41, 5.74) is 14.2. The minimum absolute atomic E-state index is 0.0554. The van der Waals surface area contributed by atoms with E-state index in [1.165, 1.54) is 71.6 Å². The number of anilines is 3. The molecule has 0 N–H and O–H groups in total. The fourth-order valence-electron chi connectivity index (χ4n) is 8.06. The second kappa shape index (κ2) is 14.3. The van der Waals surface area contributed by atoms with Crippen LogP contribution >= 0.6 is 0 Å². The summed E-state index contributed by atoms with van der Waals surface area (Å²) in [6, 6.07) is 75.4. The molecular weight excluding hydrogens is 663 g/mol. The van der Waals surface area contributed by atoms with E-state index in [0.29, 0.717) is 0 Å². The molecule has 0 fully saturated rings. The number of nitrogens with zero attached hydrogens (tertiary/aromatic N) is 1. The van der Waals surface area contributed by atoms with E-state index in [-0.39, 0.29) is 5.41 Å². The topological polar surface area (TPSA) is 3.24 Å². The third kappa shape index (κ3) is 6.49. The summed E-state index contributed by atoms with van der Waals surface area (Å²) in [7, 11) is 0. The largest absolute Gasteiger partial charge is 0.309 e. The van der Waals surface area contributed by atoms with Crippen LogP contribution in [0.1, 0.15) is 26.3 Å². The van der Waals surface area contributed by atoms with Crippen molar-refractivity contribution in [1.82, 2.24) is 0 Å². The van der Waals surface area contributed by atoms with Crippen LogP contribution in [-0.2, 0) is 5.41 Å². The molecule has 0 saturated carbocycles. The molecule has 0 aliphatic rings. The van der Waals surface area contributed by atoms with Crippen molar-refractivity contribution in [3.8, 4) is 44.5 Å². The summed E-state index contributed by atoms with van der Waals surface area (Å²) in [4.78, 5) is 2.51. The van der Waals surface area contributed by atoms with Crippen LogP contribution in [0, 0.1) is 0 Å². The standard InChI is InChI=1S/C54H43N/c1-54(2,3)43-34-35-47(39-18-6-4-7-19-39)52(37-43)55(44-27-14-26-42(36-44)46-30-15-23-38-22-10-11-28-45(38)46)51-33-13-12-29-49(51)50-32-17-25-41-24-16-31-48(53(41)50)40-20-8-5-9-21-40/h4-37H,1-3H3. The molecule has 0 bridgehead atoms. The van der Waals surface area contributed by atoms with E-state index < -0.39 is 0 Å². The Hall–Kier alpha value is -6.70. The van der Waals surface area contributed by atoms with Crippen LogP contribution in [0.15, 0.2) is 206 Å². The maximum atomic E-state index is 2.51. The first-order valence-corrected chi connectivity index (χ1v) is 19.2. The number of rotatable bonds is 7. The Morgan fingerprint density at radius 3 is 1.64 bits per heavy atom. The van der Waals surface area contributed by atoms with Crippen LogP contribution < -0.4 is 4.90 Å². The van der Waals surface area contributed by atoms with Crippen LogP contribution in [-0.4, -0.2) is 0 Å². The summed E-state index contributed by atoms with van der Waals surface area (Å²) in [6.45, 7) is 6.90. The summed E-state index contributed by atoms with van der Waals surface area (Å²) in [5, 5.41) is 4.96. The zero-order chi connectivity index (χ0) is 37.4. The summed E-state index contributed by atoms with van der Waals surface area (Å²) in [5.74, 6) is 0. The smallest absolute Gasteiger partial charge is 0.0543 e. The van der Waals surface area contributed by atoms with Crippen LogP contribution in [0.2, 0.25) is 0 Å². The van der Waals surface area contributed by atoms with Gasteiger partial charge in [-0.05, 0) is 90.2 Å². The lowest BCUT2D eigenvalue weighted by molar-refractivity contribution is 0.590. The summed E-state index contributed by atoms with van der Waals surface area (Å²) < 4.78 is 0. The minimum Gasteiger partial charge on any atom is -0.309 e. The highest BCUT2D eigenvalue weighted by Gasteiger charge is 2.25. The first-order valence-electron chi connectivity index (χ1n) is 19.2. The Labute approximate surface area is 324 Å². The Kier molecular flexibility index (Phi) is 8.84. The minimum atomic E-state index is -0.0554. The second-order valence-electron chi connectivity index (χ2n) is 15.4. The molecule has 0 spiro atoms. The Balaban J connectivity index is 1.35. The van der Waals surface area contributed by atoms with E-state index in [9.17, 15) is 0 Å². The quantitative estimate of drug-likeness (QED) is 0.160. The molecule has 1 nitrogen and oxygen atoms in total. The van der Waals surface area contributed by atoms with Gasteiger partial charge in [0.15, 0.2) is 0 Å². The van der Waals surface area contributed by atoms with Crippen LogP contribution in [0.4, 0.5) is 17.1 Å². The average molecular weight is 706 g/mol. The molecule has 0 aromatic heterocycles. The van der Waals surface area contributed by atoms with Gasteiger partial charge in [0.25, 0.3) is 0 Å². The molecule has 0 heterocycles. The highest BCUT2D eigenvalue weighted by atomic mass is 15.1. The molecule has 9 rings (SSSR count). The van der Waals surface area contributed by atoms with Crippen molar-refractivity contribution >= 4 is 38.6 Å². The molecule has 55 heavy (non-hydrogen) atoms. The van der Waals surface area contributed by atoms with Crippen molar-refractivity contribution in [3.63, 3.8) is 0 Å². The zero-order valence-corrected chi connectivity index (χ0v) is 31.6. The molecule has 9 aromatic rings. The Morgan fingerprint density at radius 2 is 0.891 bits per heavy atom. The van der Waals surface area contributed by atoms with Gasteiger partial charge in [0.1, 0.15) is 0 Å². The zero-order valence-electron chi connectivity index (χ0n) is 31.6. The lowest BCUT2D eigenvalue weighted by Gasteiger charge is -2.32. The van der Waals surface area contributed by atoms with E-state index >= 15 is 0 Å². The van der Waals surface area contributed by atoms with Crippen LogP contribution in [0.25, 0.3) is 66.1 Å². The normalized spacial score (nSPS) is 11.5. The molecule has 9 aromatic carbocycles. The third-order valence-corrected chi connectivity index (χ3v) is 10.8. The molecule has 0 atom stereocenters. The van der Waals surface area contributed by atoms with Gasteiger partial charge in [-0.15, -0.1) is 0 Å². The average Bonchev–Trinajstić information content (AvgIpc) is 3.24. The number of para-hydroxylation sites is 1. The van der Waals surface area contributed by atoms with Crippen LogP contribution in [0.5, 0.6) is 0 Å². The number of hydrogen-bond acceptors (Lipinski definition) is 1. The molecule has 264 valence electrons. The third-order valence-electron chi connectivity index (χ3n) is 10.8. The SMILES string of the molecule is CC(C)(C)c1ccc(-c2ccccc2)c(N(c2cccc(-c3cccc4ccccc34)c2)c2ccccc2-c2cccc3cccc(-c4ccccc4)c23)c1. The van der Waals surface area contributed by atoms with Gasteiger partial charge in [-0.1, -0.05) is 203 Å². The monoisotopic (exact) mass is 705 g/mol. The molecule has 0 radical (unpaired) electrons. The number of hydrogen-bond donors (Lipinski definition) is 0. The Bertz CT molecular complexity index is 2780. The molecule has 0 amide bonds. The van der Waals surface area contributed by atoms with Crippen molar-refractivity contribution in [3.05, 3.63) is 212 Å². The van der Waals surface area contributed by atoms with Gasteiger partial charge in [-0.3, -0.25) is 0 Å². The van der Waals surface area contributed by atoms with Crippen molar-refractivity contribution in [1.29, 1.82) is 0 Å². The molecule has 0 unspecified atom stereocenters. The first-order chi connectivity index (χ1) is 26.9. The fraction of sp³-hybridized carbons (Fsp3) is 0.0741. The molecule has 1 heteroatoms. The number of fused-ring (bicyclic) bond motifs is 2. The maximum absolute atomic E-state index is 2.51. The van der Waals surface area contributed by atoms with E-state index in [1.54, 1.807) is 0 Å². The van der Waals surface area contributed by atoms with E-state index in [2.05, 4.69) is 232 Å². The Morgan fingerprint density at radius 1 is 0.345 bits per heavy atom. The van der Waals surface area contributed by atoms with Gasteiger partial charge in [-0.2, -0.15) is 0 Å². The van der Waals surface area contributed by atoms with E-state index in [4.69, 9.17) is 0 Å². The fourth-order valence-corrected chi connectivity index (χ4v) is 8.06. The van der Waals surface area contributed by atoms with Gasteiger partial charge in [0.05, 0.1) is 11.4 Å². The lowest BCUT2D eigenvalue weighted by Crippen LogP contribution is -2.16.